The number of ether oxygens (including phenoxy) is 2. The van der Waals surface area contributed by atoms with E-state index in [1.165, 1.54) is 37.8 Å². The number of hydrogen-bond donors (Lipinski definition) is 2. The summed E-state index contributed by atoms with van der Waals surface area (Å²) in [5.74, 6) is -0.359. The van der Waals surface area contributed by atoms with E-state index in [0.29, 0.717) is 24.9 Å². The quantitative estimate of drug-likeness (QED) is 0.223. The highest BCUT2D eigenvalue weighted by Gasteiger charge is 2.61. The average Bonchev–Trinajstić information content (AvgIpc) is 3.30. The van der Waals surface area contributed by atoms with Crippen molar-refractivity contribution < 1.29 is 19.1 Å². The number of carbonyl (C=O) groups excluding carboxylic acids is 2. The number of hydrogen-bond acceptors (Lipinski definition) is 8. The highest BCUT2D eigenvalue weighted by Crippen LogP contribution is 2.46. The Bertz CT molecular complexity index is 1510. The van der Waals surface area contributed by atoms with E-state index < -0.39 is 17.6 Å². The Kier molecular flexibility index (Phi) is 8.35. The van der Waals surface area contributed by atoms with Crippen molar-refractivity contribution in [3.8, 4) is 16.6 Å². The summed E-state index contributed by atoms with van der Waals surface area (Å²) in [5.41, 5.74) is 3.09. The van der Waals surface area contributed by atoms with Gasteiger partial charge in [0.2, 0.25) is 5.91 Å². The SMILES string of the molecule is C=C[C@@H]1C[C@]1(NC(=O)[C@H]1NC[C@H](Oc2nc3c(-c4nc(C5CCCCC5)cs4)cccc3n2C(C)C)[C@H]1C)C(=O)OCC. The fraction of sp³-hybridized carbons (Fsp3) is 0.576. The molecule has 3 fully saturated rings. The number of carbonyl (C=O) groups is 2. The fourth-order valence-corrected chi connectivity index (χ4v) is 7.78. The number of thiazole rings is 1. The van der Waals surface area contributed by atoms with Gasteiger partial charge in [-0.2, -0.15) is 4.98 Å². The Morgan fingerprint density at radius 3 is 2.74 bits per heavy atom. The zero-order valence-corrected chi connectivity index (χ0v) is 26.4. The molecule has 43 heavy (non-hydrogen) atoms. The molecule has 1 aromatic carbocycles. The largest absolute Gasteiger partial charge is 0.464 e. The van der Waals surface area contributed by atoms with Crippen LogP contribution in [0.5, 0.6) is 6.01 Å². The standard InChI is InChI=1S/C33H43N5O4S/c1-6-22-16-33(22,31(40)41-7-2)37-29(39)27-20(5)26(17-34-27)42-32-36-28-23(14-11-15-25(28)38(32)19(3)4)30-35-24(18-43-30)21-12-9-8-10-13-21/h6,11,14-15,18-22,26-27,34H,1,7-10,12-13,16-17H2,2-5H3,(H,37,39)/t20-,22-,26+,27+,33-/m1/s1. The van der Waals surface area contributed by atoms with Crippen molar-refractivity contribution in [1.29, 1.82) is 0 Å². The van der Waals surface area contributed by atoms with E-state index in [9.17, 15) is 9.59 Å². The van der Waals surface area contributed by atoms with E-state index in [1.54, 1.807) is 24.3 Å². The molecule has 3 aliphatic rings. The normalized spacial score (nSPS) is 27.4. The van der Waals surface area contributed by atoms with Crippen LogP contribution in [0.1, 0.15) is 83.9 Å². The van der Waals surface area contributed by atoms with Crippen LogP contribution in [0.3, 0.4) is 0 Å². The number of rotatable bonds is 10. The molecule has 3 aromatic rings. The Morgan fingerprint density at radius 1 is 1.26 bits per heavy atom. The molecule has 2 N–H and O–H groups in total. The molecule has 230 valence electrons. The van der Waals surface area contributed by atoms with Gasteiger partial charge in [-0.25, -0.2) is 9.78 Å². The molecule has 1 aliphatic heterocycles. The van der Waals surface area contributed by atoms with E-state index in [0.717, 1.165) is 21.6 Å². The fourth-order valence-electron chi connectivity index (χ4n) is 6.85. The van der Waals surface area contributed by atoms with Crippen LogP contribution in [-0.2, 0) is 14.3 Å². The molecule has 0 bridgehead atoms. The second-order valence-electron chi connectivity index (χ2n) is 12.6. The summed E-state index contributed by atoms with van der Waals surface area (Å²) in [5, 5.41) is 9.52. The molecular weight excluding hydrogens is 562 g/mol. The van der Waals surface area contributed by atoms with E-state index in [1.807, 2.05) is 6.92 Å². The Labute approximate surface area is 257 Å². The number of imidazole rings is 1. The van der Waals surface area contributed by atoms with E-state index in [4.69, 9.17) is 19.4 Å². The number of nitrogens with one attached hydrogen (secondary N) is 2. The maximum absolute atomic E-state index is 13.4. The Hall–Kier alpha value is -3.24. The number of para-hydroxylation sites is 1. The molecule has 2 aliphatic carbocycles. The van der Waals surface area contributed by atoms with Crippen LogP contribution < -0.4 is 15.4 Å². The number of aromatic nitrogens is 3. The first kappa shape index (κ1) is 29.8. The van der Waals surface area contributed by atoms with Gasteiger partial charge in [-0.05, 0) is 52.2 Å². The smallest absolute Gasteiger partial charge is 0.332 e. The third kappa shape index (κ3) is 5.48. The summed E-state index contributed by atoms with van der Waals surface area (Å²) in [6, 6.07) is 6.39. The topological polar surface area (TPSA) is 107 Å². The summed E-state index contributed by atoms with van der Waals surface area (Å²) in [6.07, 6.45) is 8.27. The van der Waals surface area contributed by atoms with Gasteiger partial charge in [0.05, 0.1) is 23.9 Å². The lowest BCUT2D eigenvalue weighted by Crippen LogP contribution is -2.53. The van der Waals surface area contributed by atoms with Crippen LogP contribution >= 0.6 is 11.3 Å². The molecule has 2 saturated carbocycles. The minimum absolute atomic E-state index is 0.114. The third-order valence-electron chi connectivity index (χ3n) is 9.46. The Balaban J connectivity index is 1.22. The van der Waals surface area contributed by atoms with Crippen molar-refractivity contribution in [2.45, 2.75) is 95.9 Å². The predicted octanol–water partition coefficient (Wildman–Crippen LogP) is 5.77. The third-order valence-corrected chi connectivity index (χ3v) is 10.3. The first-order valence-corrected chi connectivity index (χ1v) is 16.6. The Morgan fingerprint density at radius 2 is 2.05 bits per heavy atom. The van der Waals surface area contributed by atoms with Gasteiger partial charge in [0.1, 0.15) is 22.2 Å². The molecule has 9 nitrogen and oxygen atoms in total. The van der Waals surface area contributed by atoms with Crippen molar-refractivity contribution in [2.75, 3.05) is 13.2 Å². The van der Waals surface area contributed by atoms with Crippen LogP contribution in [0.2, 0.25) is 0 Å². The molecule has 1 amide bonds. The molecule has 0 spiro atoms. The molecule has 3 heterocycles. The van der Waals surface area contributed by atoms with Gasteiger partial charge in [0.15, 0.2) is 0 Å². The zero-order valence-electron chi connectivity index (χ0n) is 25.6. The van der Waals surface area contributed by atoms with Crippen LogP contribution in [0.25, 0.3) is 21.6 Å². The van der Waals surface area contributed by atoms with Gasteiger partial charge >= 0.3 is 5.97 Å². The zero-order chi connectivity index (χ0) is 30.3. The van der Waals surface area contributed by atoms with E-state index in [2.05, 4.69) is 59.2 Å². The number of nitrogens with zero attached hydrogens (tertiary/aromatic N) is 3. The first-order chi connectivity index (χ1) is 20.8. The highest BCUT2D eigenvalue weighted by atomic mass is 32.1. The summed E-state index contributed by atoms with van der Waals surface area (Å²) in [7, 11) is 0. The number of esters is 1. The van der Waals surface area contributed by atoms with E-state index in [-0.39, 0.29) is 36.5 Å². The van der Waals surface area contributed by atoms with Gasteiger partial charge in [-0.3, -0.25) is 9.36 Å². The van der Waals surface area contributed by atoms with Crippen LogP contribution in [0.15, 0.2) is 36.2 Å². The minimum atomic E-state index is -1.02. The van der Waals surface area contributed by atoms with Crippen LogP contribution in [-0.4, -0.2) is 57.2 Å². The monoisotopic (exact) mass is 605 g/mol. The van der Waals surface area contributed by atoms with Crippen molar-refractivity contribution >= 4 is 34.2 Å². The van der Waals surface area contributed by atoms with Gasteiger partial charge in [0, 0.05) is 41.3 Å². The molecule has 0 unspecified atom stereocenters. The van der Waals surface area contributed by atoms with Crippen LogP contribution in [0, 0.1) is 11.8 Å². The lowest BCUT2D eigenvalue weighted by atomic mass is 9.87. The summed E-state index contributed by atoms with van der Waals surface area (Å²) in [4.78, 5) is 36.2. The molecule has 10 heteroatoms. The summed E-state index contributed by atoms with van der Waals surface area (Å²) in [6.45, 7) is 12.6. The van der Waals surface area contributed by atoms with Gasteiger partial charge in [-0.15, -0.1) is 17.9 Å². The summed E-state index contributed by atoms with van der Waals surface area (Å²) >= 11 is 1.69. The van der Waals surface area contributed by atoms with Crippen molar-refractivity contribution in [2.24, 2.45) is 11.8 Å². The lowest BCUT2D eigenvalue weighted by molar-refractivity contribution is -0.149. The number of benzene rings is 1. The van der Waals surface area contributed by atoms with Crippen molar-refractivity contribution in [1.82, 2.24) is 25.2 Å². The minimum Gasteiger partial charge on any atom is -0.464 e. The average molecular weight is 606 g/mol. The molecule has 1 saturated heterocycles. The number of amides is 1. The van der Waals surface area contributed by atoms with Gasteiger partial charge < -0.3 is 20.1 Å². The van der Waals surface area contributed by atoms with Gasteiger partial charge in [0.25, 0.3) is 6.01 Å². The molecule has 5 atom stereocenters. The van der Waals surface area contributed by atoms with Crippen molar-refractivity contribution in [3.05, 3.63) is 41.9 Å². The maximum atomic E-state index is 13.4. The molecule has 2 aromatic heterocycles. The lowest BCUT2D eigenvalue weighted by Gasteiger charge is -2.23. The second-order valence-corrected chi connectivity index (χ2v) is 13.4. The maximum Gasteiger partial charge on any atom is 0.332 e. The van der Waals surface area contributed by atoms with Gasteiger partial charge in [-0.1, -0.05) is 38.3 Å². The van der Waals surface area contributed by atoms with Crippen LogP contribution in [0.4, 0.5) is 0 Å². The number of fused-ring (bicyclic) bond motifs is 1. The van der Waals surface area contributed by atoms with Crippen molar-refractivity contribution in [3.63, 3.8) is 0 Å². The summed E-state index contributed by atoms with van der Waals surface area (Å²) < 4.78 is 14.0. The van der Waals surface area contributed by atoms with E-state index >= 15 is 0 Å². The first-order valence-electron chi connectivity index (χ1n) is 15.8. The molecule has 0 radical (unpaired) electrons. The molecule has 6 rings (SSSR count). The highest BCUT2D eigenvalue weighted by molar-refractivity contribution is 7.13. The second kappa shape index (κ2) is 12.0. The predicted molar refractivity (Wildman–Crippen MR) is 168 cm³/mol. The molecular formula is C33H43N5O4S.